The molecule has 0 heterocycles. The maximum absolute atomic E-state index is 11.5. The van der Waals surface area contributed by atoms with Gasteiger partial charge in [0.2, 0.25) is 0 Å². The minimum Gasteiger partial charge on any atom is -0.508 e. The van der Waals surface area contributed by atoms with Crippen LogP contribution in [0.4, 0.5) is 0 Å². The van der Waals surface area contributed by atoms with E-state index in [1.807, 2.05) is 19.9 Å². The molecule has 0 fully saturated rings. The largest absolute Gasteiger partial charge is 0.508 e. The summed E-state index contributed by atoms with van der Waals surface area (Å²) in [6.07, 6.45) is 0.833. The molecular weight excluding hydrogens is 204 g/mol. The first-order valence-corrected chi connectivity index (χ1v) is 5.46. The number of hydrogen-bond acceptors (Lipinski definition) is 3. The van der Waals surface area contributed by atoms with Crippen LogP contribution in [0.1, 0.15) is 31.7 Å². The third-order valence-electron chi connectivity index (χ3n) is 2.91. The Morgan fingerprint density at radius 2 is 2.19 bits per heavy atom. The van der Waals surface area contributed by atoms with Gasteiger partial charge in [-0.05, 0) is 30.0 Å². The number of benzene rings is 1. The fourth-order valence-corrected chi connectivity index (χ4v) is 1.98. The molecule has 2 atom stereocenters. The smallest absolute Gasteiger partial charge is 0.308 e. The fourth-order valence-electron chi connectivity index (χ4n) is 1.98. The highest BCUT2D eigenvalue weighted by atomic mass is 16.5. The number of phenolic OH excluding ortho intramolecular Hbond substituents is 1. The number of carbonyl (C=O) groups excluding carboxylic acids is 1. The average molecular weight is 222 g/mol. The van der Waals surface area contributed by atoms with Gasteiger partial charge in [-0.1, -0.05) is 26.0 Å². The van der Waals surface area contributed by atoms with Crippen LogP contribution >= 0.6 is 0 Å². The molecule has 0 radical (unpaired) electrons. The van der Waals surface area contributed by atoms with Gasteiger partial charge in [-0.3, -0.25) is 4.79 Å². The van der Waals surface area contributed by atoms with Crippen molar-refractivity contribution in [2.24, 2.45) is 5.92 Å². The second-order valence-corrected chi connectivity index (χ2v) is 3.92. The van der Waals surface area contributed by atoms with Crippen LogP contribution in [0.3, 0.4) is 0 Å². The van der Waals surface area contributed by atoms with Gasteiger partial charge in [-0.15, -0.1) is 0 Å². The van der Waals surface area contributed by atoms with Crippen molar-refractivity contribution in [3.8, 4) is 5.75 Å². The van der Waals surface area contributed by atoms with Crippen LogP contribution in [0.25, 0.3) is 0 Å². The summed E-state index contributed by atoms with van der Waals surface area (Å²) in [5.74, 6) is -0.0976. The van der Waals surface area contributed by atoms with Crippen molar-refractivity contribution in [1.29, 1.82) is 0 Å². The van der Waals surface area contributed by atoms with Crippen molar-refractivity contribution < 1.29 is 14.6 Å². The first kappa shape index (κ1) is 12.6. The van der Waals surface area contributed by atoms with E-state index in [9.17, 15) is 9.90 Å². The van der Waals surface area contributed by atoms with Gasteiger partial charge >= 0.3 is 5.97 Å². The average Bonchev–Trinajstić information content (AvgIpc) is 2.29. The fraction of sp³-hybridized carbons (Fsp3) is 0.462. The first-order chi connectivity index (χ1) is 7.60. The molecule has 0 aliphatic carbocycles. The van der Waals surface area contributed by atoms with Gasteiger partial charge in [-0.2, -0.15) is 0 Å². The number of rotatable bonds is 4. The van der Waals surface area contributed by atoms with E-state index in [1.165, 1.54) is 7.11 Å². The second-order valence-electron chi connectivity index (χ2n) is 3.92. The summed E-state index contributed by atoms with van der Waals surface area (Å²) < 4.78 is 4.75. The Kier molecular flexibility index (Phi) is 4.35. The van der Waals surface area contributed by atoms with Crippen molar-refractivity contribution in [2.75, 3.05) is 7.11 Å². The van der Waals surface area contributed by atoms with E-state index in [0.29, 0.717) is 0 Å². The van der Waals surface area contributed by atoms with Crippen LogP contribution in [0, 0.1) is 5.92 Å². The number of carbonyl (C=O) groups is 1. The molecule has 3 nitrogen and oxygen atoms in total. The molecule has 0 saturated heterocycles. The van der Waals surface area contributed by atoms with Crippen LogP contribution in [-0.4, -0.2) is 18.2 Å². The van der Waals surface area contributed by atoms with Gasteiger partial charge in [0.25, 0.3) is 0 Å². The molecule has 0 aliphatic rings. The van der Waals surface area contributed by atoms with Gasteiger partial charge in [0.1, 0.15) is 5.75 Å². The van der Waals surface area contributed by atoms with Crippen LogP contribution in [0.15, 0.2) is 24.3 Å². The second kappa shape index (κ2) is 5.54. The Morgan fingerprint density at radius 3 is 2.69 bits per heavy atom. The SMILES string of the molecule is CCC(c1cccc(O)c1)C(C)C(=O)OC. The molecule has 1 N–H and O–H groups in total. The molecule has 16 heavy (non-hydrogen) atoms. The van der Waals surface area contributed by atoms with E-state index in [1.54, 1.807) is 18.2 Å². The minimum atomic E-state index is -0.213. The lowest BCUT2D eigenvalue weighted by molar-refractivity contribution is -0.145. The third-order valence-corrected chi connectivity index (χ3v) is 2.91. The van der Waals surface area contributed by atoms with Crippen LogP contribution < -0.4 is 0 Å². The Labute approximate surface area is 96.1 Å². The zero-order valence-electron chi connectivity index (χ0n) is 9.93. The van der Waals surface area contributed by atoms with E-state index in [0.717, 1.165) is 12.0 Å². The Morgan fingerprint density at radius 1 is 1.50 bits per heavy atom. The normalized spacial score (nSPS) is 14.2. The Hall–Kier alpha value is -1.51. The quantitative estimate of drug-likeness (QED) is 0.797. The topological polar surface area (TPSA) is 46.5 Å². The van der Waals surface area contributed by atoms with Gasteiger partial charge < -0.3 is 9.84 Å². The maximum Gasteiger partial charge on any atom is 0.308 e. The number of ether oxygens (including phenoxy) is 1. The number of aromatic hydroxyl groups is 1. The summed E-state index contributed by atoms with van der Waals surface area (Å²) in [5, 5.41) is 9.42. The molecule has 0 amide bonds. The van der Waals surface area contributed by atoms with Crippen LogP contribution in [0.5, 0.6) is 5.75 Å². The van der Waals surface area contributed by atoms with E-state index in [4.69, 9.17) is 4.74 Å². The lowest BCUT2D eigenvalue weighted by Crippen LogP contribution is -2.20. The zero-order chi connectivity index (χ0) is 12.1. The third kappa shape index (κ3) is 2.75. The Balaban J connectivity index is 2.94. The molecule has 1 rings (SSSR count). The predicted octanol–water partition coefficient (Wildman–Crippen LogP) is 2.69. The molecule has 0 saturated carbocycles. The van der Waals surface area contributed by atoms with Crippen molar-refractivity contribution in [1.82, 2.24) is 0 Å². The van der Waals surface area contributed by atoms with Crippen molar-refractivity contribution in [3.63, 3.8) is 0 Å². The van der Waals surface area contributed by atoms with Crippen molar-refractivity contribution >= 4 is 5.97 Å². The van der Waals surface area contributed by atoms with Crippen LogP contribution in [-0.2, 0) is 9.53 Å². The molecule has 1 aromatic carbocycles. The van der Waals surface area contributed by atoms with Gasteiger partial charge in [0, 0.05) is 0 Å². The summed E-state index contributed by atoms with van der Waals surface area (Å²) in [6.45, 7) is 3.87. The van der Waals surface area contributed by atoms with Gasteiger partial charge in [0.05, 0.1) is 13.0 Å². The van der Waals surface area contributed by atoms with Gasteiger partial charge in [-0.25, -0.2) is 0 Å². The monoisotopic (exact) mass is 222 g/mol. The summed E-state index contributed by atoms with van der Waals surface area (Å²) in [7, 11) is 1.40. The molecule has 0 spiro atoms. The van der Waals surface area contributed by atoms with E-state index < -0.39 is 0 Å². The standard InChI is InChI=1S/C13H18O3/c1-4-12(9(2)13(15)16-3)10-6-5-7-11(14)8-10/h5-9,12,14H,4H2,1-3H3. The lowest BCUT2D eigenvalue weighted by Gasteiger charge is -2.21. The summed E-state index contributed by atoms with van der Waals surface area (Å²) in [5.41, 5.74) is 0.973. The highest BCUT2D eigenvalue weighted by molar-refractivity contribution is 5.73. The minimum absolute atomic E-state index is 0.0829. The number of phenols is 1. The molecular formula is C13H18O3. The van der Waals surface area contributed by atoms with Crippen molar-refractivity contribution in [2.45, 2.75) is 26.2 Å². The highest BCUT2D eigenvalue weighted by Crippen LogP contribution is 2.30. The number of hydrogen-bond donors (Lipinski definition) is 1. The van der Waals surface area contributed by atoms with E-state index in [-0.39, 0.29) is 23.6 Å². The van der Waals surface area contributed by atoms with E-state index in [2.05, 4.69) is 0 Å². The Bertz CT molecular complexity index is 360. The lowest BCUT2D eigenvalue weighted by atomic mass is 9.85. The molecule has 0 aromatic heterocycles. The van der Waals surface area contributed by atoms with Crippen LogP contribution in [0.2, 0.25) is 0 Å². The molecule has 1 aromatic rings. The molecule has 0 aliphatic heterocycles. The number of methoxy groups -OCH3 is 1. The molecule has 88 valence electrons. The zero-order valence-corrected chi connectivity index (χ0v) is 9.93. The first-order valence-electron chi connectivity index (χ1n) is 5.46. The predicted molar refractivity (Wildman–Crippen MR) is 62.3 cm³/mol. The molecule has 0 bridgehead atoms. The summed E-state index contributed by atoms with van der Waals surface area (Å²) in [4.78, 5) is 11.5. The van der Waals surface area contributed by atoms with Gasteiger partial charge in [0.15, 0.2) is 0 Å². The van der Waals surface area contributed by atoms with E-state index >= 15 is 0 Å². The van der Waals surface area contributed by atoms with Crippen molar-refractivity contribution in [3.05, 3.63) is 29.8 Å². The molecule has 2 unspecified atom stereocenters. The number of esters is 1. The summed E-state index contributed by atoms with van der Waals surface area (Å²) in [6, 6.07) is 7.04. The molecule has 3 heteroatoms. The highest BCUT2D eigenvalue weighted by Gasteiger charge is 2.24. The maximum atomic E-state index is 11.5. The summed E-state index contributed by atoms with van der Waals surface area (Å²) >= 11 is 0.